The maximum atomic E-state index is 12.6. The van der Waals surface area contributed by atoms with Gasteiger partial charge in [-0.3, -0.25) is 9.59 Å². The molecule has 1 atom stereocenters. The molecule has 7 nitrogen and oxygen atoms in total. The number of fused-ring (bicyclic) bond motifs is 1. The molecule has 0 bridgehead atoms. The second-order valence-corrected chi connectivity index (χ2v) is 6.41. The van der Waals surface area contributed by atoms with Gasteiger partial charge in [0.1, 0.15) is 0 Å². The van der Waals surface area contributed by atoms with Crippen LogP contribution in [0.2, 0.25) is 5.02 Å². The average molecular weight is 388 g/mol. The van der Waals surface area contributed by atoms with Crippen LogP contribution in [0.25, 0.3) is 10.8 Å². The normalized spacial score (nSPS) is 12.2. The van der Waals surface area contributed by atoms with E-state index in [9.17, 15) is 14.7 Å². The first-order valence-corrected chi connectivity index (χ1v) is 8.64. The number of benzene rings is 2. The number of carbonyl (C=O) groups is 1. The van der Waals surface area contributed by atoms with E-state index in [2.05, 4.69) is 5.10 Å². The molecule has 1 aromatic heterocycles. The molecule has 0 aliphatic heterocycles. The lowest BCUT2D eigenvalue weighted by molar-refractivity contribution is 0.0180. The molecule has 1 heterocycles. The van der Waals surface area contributed by atoms with Gasteiger partial charge in [-0.15, -0.1) is 0 Å². The van der Waals surface area contributed by atoms with Crippen LogP contribution in [0.15, 0.2) is 53.3 Å². The molecule has 0 saturated carbocycles. The van der Waals surface area contributed by atoms with Crippen molar-refractivity contribution in [1.29, 1.82) is 0 Å². The monoisotopic (exact) mass is 387 g/mol. The highest BCUT2D eigenvalue weighted by Gasteiger charge is 2.16. The number of nitrogens with zero attached hydrogens (tertiary/aromatic N) is 2. The van der Waals surface area contributed by atoms with Crippen molar-refractivity contribution in [1.82, 2.24) is 9.78 Å². The maximum Gasteiger partial charge on any atom is 0.274 e. The topological polar surface area (TPSA) is 107 Å². The fourth-order valence-corrected chi connectivity index (χ4v) is 2.90. The molecule has 27 heavy (non-hydrogen) atoms. The molecular formula is C19H18ClN3O4. The number of aliphatic hydroxyl groups is 1. The van der Waals surface area contributed by atoms with Crippen molar-refractivity contribution in [3.63, 3.8) is 0 Å². The van der Waals surface area contributed by atoms with Gasteiger partial charge in [0.15, 0.2) is 5.69 Å². The fourth-order valence-electron chi connectivity index (χ4n) is 2.71. The lowest BCUT2D eigenvalue weighted by Gasteiger charge is -2.14. The summed E-state index contributed by atoms with van der Waals surface area (Å²) >= 11 is 6.05. The van der Waals surface area contributed by atoms with Crippen molar-refractivity contribution in [3.8, 4) is 0 Å². The lowest BCUT2D eigenvalue weighted by atomic mass is 10.1. The number of hydrogen-bond acceptors (Lipinski definition) is 5. The van der Waals surface area contributed by atoms with Crippen LogP contribution < -0.4 is 11.3 Å². The van der Waals surface area contributed by atoms with Crippen molar-refractivity contribution in [3.05, 3.63) is 75.2 Å². The highest BCUT2D eigenvalue weighted by atomic mass is 35.5. The zero-order valence-corrected chi connectivity index (χ0v) is 15.1. The molecule has 0 aliphatic carbocycles. The number of aliphatic hydroxyl groups excluding tert-OH is 1. The van der Waals surface area contributed by atoms with E-state index < -0.39 is 17.6 Å². The van der Waals surface area contributed by atoms with E-state index in [1.807, 2.05) is 18.2 Å². The summed E-state index contributed by atoms with van der Waals surface area (Å²) in [5.41, 5.74) is 5.73. The summed E-state index contributed by atoms with van der Waals surface area (Å²) < 4.78 is 6.50. The van der Waals surface area contributed by atoms with Crippen LogP contribution in [0.3, 0.4) is 0 Å². The van der Waals surface area contributed by atoms with Gasteiger partial charge in [0.2, 0.25) is 0 Å². The number of carbonyl (C=O) groups excluding carboxylic acids is 1. The maximum absolute atomic E-state index is 12.6. The Labute approximate surface area is 159 Å². The molecule has 1 unspecified atom stereocenters. The summed E-state index contributed by atoms with van der Waals surface area (Å²) in [5.74, 6) is -0.746. The molecule has 0 radical (unpaired) electrons. The quantitative estimate of drug-likeness (QED) is 0.642. The van der Waals surface area contributed by atoms with Gasteiger partial charge in [-0.1, -0.05) is 48.0 Å². The SMILES string of the molecule is NC(=O)c1nn(CC(O)COCc2ccccc2Cl)c(=O)c2ccccc12. The molecule has 0 saturated heterocycles. The molecule has 8 heteroatoms. The van der Waals surface area contributed by atoms with Crippen LogP contribution in [0, 0.1) is 0 Å². The third-order valence-electron chi connectivity index (χ3n) is 4.01. The van der Waals surface area contributed by atoms with E-state index in [4.69, 9.17) is 22.1 Å². The molecule has 3 N–H and O–H groups in total. The second kappa shape index (κ2) is 8.30. The molecular weight excluding hydrogens is 370 g/mol. The number of primary amides is 1. The number of ether oxygens (including phenoxy) is 1. The van der Waals surface area contributed by atoms with Crippen LogP contribution in [0.4, 0.5) is 0 Å². The molecule has 3 rings (SSSR count). The van der Waals surface area contributed by atoms with Crippen LogP contribution in [-0.2, 0) is 17.9 Å². The van der Waals surface area contributed by atoms with Crippen molar-refractivity contribution < 1.29 is 14.6 Å². The predicted molar refractivity (Wildman–Crippen MR) is 102 cm³/mol. The molecule has 0 aliphatic rings. The molecule has 140 valence electrons. The first kappa shape index (κ1) is 19.0. The lowest BCUT2D eigenvalue weighted by Crippen LogP contribution is -2.33. The number of hydrogen-bond donors (Lipinski definition) is 2. The zero-order valence-electron chi connectivity index (χ0n) is 14.3. The van der Waals surface area contributed by atoms with E-state index >= 15 is 0 Å². The van der Waals surface area contributed by atoms with Crippen molar-refractivity contribution >= 4 is 28.3 Å². The van der Waals surface area contributed by atoms with Crippen LogP contribution >= 0.6 is 11.6 Å². The van der Waals surface area contributed by atoms with Crippen molar-refractivity contribution in [2.45, 2.75) is 19.3 Å². The number of aromatic nitrogens is 2. The molecule has 3 aromatic rings. The number of halogens is 1. The highest BCUT2D eigenvalue weighted by Crippen LogP contribution is 2.16. The van der Waals surface area contributed by atoms with Crippen molar-refractivity contribution in [2.75, 3.05) is 6.61 Å². The fraction of sp³-hybridized carbons (Fsp3) is 0.211. The molecule has 0 fully saturated rings. The van der Waals surface area contributed by atoms with E-state index in [0.717, 1.165) is 10.2 Å². The average Bonchev–Trinajstić information content (AvgIpc) is 2.65. The minimum atomic E-state index is -1.00. The van der Waals surface area contributed by atoms with E-state index in [1.165, 1.54) is 0 Å². The Morgan fingerprint density at radius 3 is 2.56 bits per heavy atom. The van der Waals surface area contributed by atoms with Gasteiger partial charge in [0.05, 0.1) is 31.2 Å². The number of rotatable bonds is 7. The summed E-state index contributed by atoms with van der Waals surface area (Å²) in [6.07, 6.45) is -1.00. The third kappa shape index (κ3) is 4.33. The Bertz CT molecular complexity index is 1030. The zero-order chi connectivity index (χ0) is 19.4. The van der Waals surface area contributed by atoms with Gasteiger partial charge in [-0.25, -0.2) is 4.68 Å². The van der Waals surface area contributed by atoms with Gasteiger partial charge in [0.25, 0.3) is 11.5 Å². The number of amides is 1. The standard InChI is InChI=1S/C19H18ClN3O4/c20-16-8-4-1-5-12(16)10-27-11-13(24)9-23-19(26)15-7-3-2-6-14(15)17(22-23)18(21)25/h1-8,13,24H,9-11H2,(H2,21,25). The van der Waals surface area contributed by atoms with Gasteiger partial charge < -0.3 is 15.6 Å². The first-order valence-electron chi connectivity index (χ1n) is 8.26. The largest absolute Gasteiger partial charge is 0.389 e. The minimum absolute atomic E-state index is 0.0191. The predicted octanol–water partition coefficient (Wildman–Crippen LogP) is 1.73. The summed E-state index contributed by atoms with van der Waals surface area (Å²) in [6, 6.07) is 13.8. The van der Waals surface area contributed by atoms with Gasteiger partial charge in [-0.05, 0) is 17.7 Å². The van der Waals surface area contributed by atoms with E-state index in [1.54, 1.807) is 30.3 Å². The Morgan fingerprint density at radius 1 is 1.19 bits per heavy atom. The van der Waals surface area contributed by atoms with Crippen molar-refractivity contribution in [2.24, 2.45) is 5.73 Å². The molecule has 2 aromatic carbocycles. The third-order valence-corrected chi connectivity index (χ3v) is 4.38. The Hall–Kier alpha value is -2.74. The van der Waals surface area contributed by atoms with Gasteiger partial charge in [-0.2, -0.15) is 5.10 Å². The summed E-state index contributed by atoms with van der Waals surface area (Å²) in [7, 11) is 0. The van der Waals surface area contributed by atoms with Crippen LogP contribution in [0.1, 0.15) is 16.1 Å². The summed E-state index contributed by atoms with van der Waals surface area (Å²) in [5, 5.41) is 15.5. The Kier molecular flexibility index (Phi) is 5.85. The second-order valence-electron chi connectivity index (χ2n) is 6.01. The van der Waals surface area contributed by atoms with Gasteiger partial charge in [0, 0.05) is 10.4 Å². The van der Waals surface area contributed by atoms with Gasteiger partial charge >= 0.3 is 0 Å². The summed E-state index contributed by atoms with van der Waals surface area (Å²) in [6.45, 7) is 0.0634. The highest BCUT2D eigenvalue weighted by molar-refractivity contribution is 6.31. The van der Waals surface area contributed by atoms with Crippen LogP contribution in [0.5, 0.6) is 0 Å². The smallest absolute Gasteiger partial charge is 0.274 e. The van der Waals surface area contributed by atoms with E-state index in [0.29, 0.717) is 15.8 Å². The Morgan fingerprint density at radius 2 is 1.85 bits per heavy atom. The molecule has 1 amide bonds. The first-order chi connectivity index (χ1) is 13.0. The minimum Gasteiger partial charge on any atom is -0.389 e. The van der Waals surface area contributed by atoms with Crippen LogP contribution in [-0.4, -0.2) is 33.5 Å². The van der Waals surface area contributed by atoms with E-state index in [-0.39, 0.29) is 25.5 Å². The Balaban J connectivity index is 1.74. The summed E-state index contributed by atoms with van der Waals surface area (Å²) in [4.78, 5) is 24.2. The number of nitrogens with two attached hydrogens (primary N) is 1. The molecule has 0 spiro atoms.